The zero-order valence-electron chi connectivity index (χ0n) is 23.1. The molecule has 8 nitrogen and oxygen atoms in total. The van der Waals surface area contributed by atoms with Crippen molar-refractivity contribution in [2.75, 3.05) is 25.0 Å². The fourth-order valence-corrected chi connectivity index (χ4v) is 5.76. The van der Waals surface area contributed by atoms with E-state index in [1.54, 1.807) is 55.6 Å². The van der Waals surface area contributed by atoms with Crippen molar-refractivity contribution < 1.29 is 22.7 Å². The molecule has 0 aliphatic rings. The minimum atomic E-state index is -4.09. The van der Waals surface area contributed by atoms with E-state index in [-0.39, 0.29) is 23.3 Å². The van der Waals surface area contributed by atoms with Crippen LogP contribution in [-0.4, -0.2) is 51.9 Å². The van der Waals surface area contributed by atoms with Gasteiger partial charge in [-0.2, -0.15) is 0 Å². The number of ether oxygens (including phenoxy) is 1. The molecule has 0 aliphatic carbocycles. The molecule has 0 saturated carbocycles. The van der Waals surface area contributed by atoms with Crippen molar-refractivity contribution in [3.05, 3.63) is 90.0 Å². The Hall–Kier alpha value is -3.85. The summed E-state index contributed by atoms with van der Waals surface area (Å²) in [5.74, 6) is 0.0516. The summed E-state index contributed by atoms with van der Waals surface area (Å²) in [7, 11) is -1.02. The van der Waals surface area contributed by atoms with Crippen LogP contribution in [0.4, 0.5) is 5.69 Å². The highest BCUT2D eigenvalue weighted by Gasteiger charge is 2.33. The van der Waals surface area contributed by atoms with Crippen LogP contribution in [0, 0.1) is 0 Å². The van der Waals surface area contributed by atoms with E-state index in [2.05, 4.69) is 19.2 Å². The summed E-state index contributed by atoms with van der Waals surface area (Å²) >= 11 is 0. The third-order valence-corrected chi connectivity index (χ3v) is 8.37. The summed E-state index contributed by atoms with van der Waals surface area (Å²) < 4.78 is 34.1. The van der Waals surface area contributed by atoms with Crippen molar-refractivity contribution >= 4 is 27.5 Å². The Balaban J connectivity index is 2.06. The molecule has 1 atom stereocenters. The maximum Gasteiger partial charge on any atom is 0.264 e. The number of rotatable bonds is 12. The summed E-state index contributed by atoms with van der Waals surface area (Å²) in [5, 5.41) is 2.63. The molecule has 0 heterocycles. The van der Waals surface area contributed by atoms with Crippen LogP contribution >= 0.6 is 0 Å². The van der Waals surface area contributed by atoms with E-state index in [9.17, 15) is 18.0 Å². The van der Waals surface area contributed by atoms with Gasteiger partial charge in [-0.25, -0.2) is 8.42 Å². The van der Waals surface area contributed by atoms with Crippen LogP contribution < -0.4 is 14.4 Å². The van der Waals surface area contributed by atoms with Gasteiger partial charge < -0.3 is 15.0 Å². The van der Waals surface area contributed by atoms with Gasteiger partial charge in [0.25, 0.3) is 10.0 Å². The fraction of sp³-hybridized carbons (Fsp3) is 0.333. The second-order valence-electron chi connectivity index (χ2n) is 9.48. The Morgan fingerprint density at radius 2 is 1.62 bits per heavy atom. The van der Waals surface area contributed by atoms with Crippen LogP contribution in [-0.2, 0) is 26.2 Å². The maximum atomic E-state index is 14.0. The number of anilines is 1. The van der Waals surface area contributed by atoms with Crippen molar-refractivity contribution in [1.29, 1.82) is 0 Å². The van der Waals surface area contributed by atoms with Crippen LogP contribution in [0.25, 0.3) is 0 Å². The van der Waals surface area contributed by atoms with E-state index in [0.717, 1.165) is 15.4 Å². The number of benzene rings is 3. The number of hydrogen-bond acceptors (Lipinski definition) is 5. The molecule has 3 aromatic carbocycles. The van der Waals surface area contributed by atoms with Crippen molar-refractivity contribution in [3.8, 4) is 5.75 Å². The zero-order valence-corrected chi connectivity index (χ0v) is 23.9. The third kappa shape index (κ3) is 7.17. The van der Waals surface area contributed by atoms with Crippen molar-refractivity contribution in [2.45, 2.75) is 50.6 Å². The van der Waals surface area contributed by atoms with Crippen LogP contribution in [0.2, 0.25) is 0 Å². The molecule has 0 aliphatic heterocycles. The lowest BCUT2D eigenvalue weighted by atomic mass is 10.0. The molecule has 3 aromatic rings. The summed E-state index contributed by atoms with van der Waals surface area (Å²) in [6.45, 7) is 5.55. The molecule has 0 bridgehead atoms. The normalized spacial score (nSPS) is 12.1. The molecule has 0 spiro atoms. The number of hydrogen-bond donors (Lipinski definition) is 1. The minimum absolute atomic E-state index is 0.0726. The first-order chi connectivity index (χ1) is 18.6. The van der Waals surface area contributed by atoms with Crippen LogP contribution in [0.1, 0.15) is 44.2 Å². The molecule has 39 heavy (non-hydrogen) atoms. The second kappa shape index (κ2) is 13.3. The molecule has 9 heteroatoms. The smallest absolute Gasteiger partial charge is 0.264 e. The number of sulfonamides is 1. The van der Waals surface area contributed by atoms with Gasteiger partial charge in [0.1, 0.15) is 18.3 Å². The quantitative estimate of drug-likeness (QED) is 0.356. The lowest BCUT2D eigenvalue weighted by Gasteiger charge is -2.33. The highest BCUT2D eigenvalue weighted by molar-refractivity contribution is 7.92. The third-order valence-electron chi connectivity index (χ3n) is 6.58. The predicted octanol–water partition coefficient (Wildman–Crippen LogP) is 4.57. The van der Waals surface area contributed by atoms with Crippen LogP contribution in [0.5, 0.6) is 5.75 Å². The Labute approximate surface area is 231 Å². The summed E-state index contributed by atoms with van der Waals surface area (Å²) in [6, 6.07) is 21.6. The molecule has 0 radical (unpaired) electrons. The van der Waals surface area contributed by atoms with E-state index in [1.165, 1.54) is 24.1 Å². The van der Waals surface area contributed by atoms with Crippen molar-refractivity contribution in [2.24, 2.45) is 0 Å². The van der Waals surface area contributed by atoms with Gasteiger partial charge in [-0.1, -0.05) is 63.2 Å². The Morgan fingerprint density at radius 1 is 0.949 bits per heavy atom. The maximum absolute atomic E-state index is 14.0. The molecule has 3 rings (SSSR count). The molecule has 1 N–H and O–H groups in total. The van der Waals surface area contributed by atoms with Gasteiger partial charge in [0.15, 0.2) is 0 Å². The van der Waals surface area contributed by atoms with Gasteiger partial charge >= 0.3 is 0 Å². The zero-order chi connectivity index (χ0) is 28.6. The number of likely N-dealkylation sites (N-methyl/N-ethyl adjacent to an activating group) is 1. The SMILES string of the molecule is CC[C@@H](C(=O)NC)N(Cc1cccc(OC)c1)C(=O)CN(c1ccc(C(C)C)cc1)S(=O)(=O)c1ccccc1. The predicted molar refractivity (Wildman–Crippen MR) is 153 cm³/mol. The largest absolute Gasteiger partial charge is 0.497 e. The summed E-state index contributed by atoms with van der Waals surface area (Å²) in [6.07, 6.45) is 0.351. The molecule has 0 aromatic heterocycles. The molecule has 0 unspecified atom stereocenters. The average molecular weight is 552 g/mol. The van der Waals surface area contributed by atoms with E-state index < -0.39 is 28.5 Å². The summed E-state index contributed by atoms with van der Waals surface area (Å²) in [4.78, 5) is 28.3. The molecule has 2 amide bonds. The highest BCUT2D eigenvalue weighted by Crippen LogP contribution is 2.27. The summed E-state index contributed by atoms with van der Waals surface area (Å²) in [5.41, 5.74) is 2.17. The number of carbonyl (C=O) groups is 2. The monoisotopic (exact) mass is 551 g/mol. The van der Waals surface area contributed by atoms with Gasteiger partial charge in [0.05, 0.1) is 17.7 Å². The first-order valence-electron chi connectivity index (χ1n) is 12.9. The Kier molecular flexibility index (Phi) is 10.1. The topological polar surface area (TPSA) is 96.0 Å². The average Bonchev–Trinajstić information content (AvgIpc) is 2.96. The second-order valence-corrected chi connectivity index (χ2v) is 11.3. The molecular weight excluding hydrogens is 514 g/mol. The van der Waals surface area contributed by atoms with E-state index in [4.69, 9.17) is 4.74 Å². The number of nitrogens with zero attached hydrogens (tertiary/aromatic N) is 2. The Bertz CT molecular complexity index is 1360. The molecular formula is C30H37N3O5S. The van der Waals surface area contributed by atoms with Crippen molar-refractivity contribution in [3.63, 3.8) is 0 Å². The standard InChI is InChI=1S/C30H37N3O5S/c1-6-28(30(35)31-4)32(20-23-11-10-12-26(19-23)38-5)29(34)21-33(25-17-15-24(16-18-25)22(2)3)39(36,37)27-13-8-7-9-14-27/h7-19,22,28H,6,20-21H2,1-5H3,(H,31,35)/t28-/m0/s1. The molecule has 0 fully saturated rings. The van der Waals surface area contributed by atoms with Gasteiger partial charge in [-0.3, -0.25) is 13.9 Å². The number of amides is 2. The van der Waals surface area contributed by atoms with Crippen molar-refractivity contribution in [1.82, 2.24) is 10.2 Å². The highest BCUT2D eigenvalue weighted by atomic mass is 32.2. The fourth-order valence-electron chi connectivity index (χ4n) is 4.33. The lowest BCUT2D eigenvalue weighted by molar-refractivity contribution is -0.140. The van der Waals surface area contributed by atoms with Gasteiger partial charge in [0.2, 0.25) is 11.8 Å². The van der Waals surface area contributed by atoms with Gasteiger partial charge in [-0.05, 0) is 59.9 Å². The van der Waals surface area contributed by atoms with E-state index >= 15 is 0 Å². The van der Waals surface area contributed by atoms with Gasteiger partial charge in [0, 0.05) is 13.6 Å². The lowest BCUT2D eigenvalue weighted by Crippen LogP contribution is -2.51. The first-order valence-corrected chi connectivity index (χ1v) is 14.4. The number of methoxy groups -OCH3 is 1. The van der Waals surface area contributed by atoms with Gasteiger partial charge in [-0.15, -0.1) is 0 Å². The van der Waals surface area contributed by atoms with E-state index in [0.29, 0.717) is 17.9 Å². The molecule has 208 valence electrons. The number of carbonyl (C=O) groups excluding carboxylic acids is 2. The van der Waals surface area contributed by atoms with Crippen LogP contribution in [0.3, 0.4) is 0 Å². The van der Waals surface area contributed by atoms with E-state index in [1.807, 2.05) is 25.1 Å². The van der Waals surface area contributed by atoms with Crippen LogP contribution in [0.15, 0.2) is 83.8 Å². The first kappa shape index (κ1) is 29.7. The minimum Gasteiger partial charge on any atom is -0.497 e. The molecule has 0 saturated heterocycles. The Morgan fingerprint density at radius 3 is 2.18 bits per heavy atom. The number of nitrogens with one attached hydrogen (secondary N) is 1.